The number of carbonyl (C=O) groups excluding carboxylic acids is 1. The molecule has 0 N–H and O–H groups in total. The number of hydrogen-bond donors (Lipinski definition) is 0. The third-order valence-corrected chi connectivity index (χ3v) is 2.07. The summed E-state index contributed by atoms with van der Waals surface area (Å²) in [6.07, 6.45) is -3.95. The van der Waals surface area contributed by atoms with Crippen molar-refractivity contribution < 1.29 is 18.0 Å². The second kappa shape index (κ2) is 4.51. The van der Waals surface area contributed by atoms with E-state index in [0.29, 0.717) is 11.0 Å². The van der Waals surface area contributed by atoms with Crippen molar-refractivity contribution >= 4 is 6.29 Å². The van der Waals surface area contributed by atoms with Gasteiger partial charge in [0, 0.05) is 6.54 Å². The van der Waals surface area contributed by atoms with E-state index in [-0.39, 0.29) is 18.4 Å². The van der Waals surface area contributed by atoms with E-state index >= 15 is 0 Å². The van der Waals surface area contributed by atoms with Crippen molar-refractivity contribution in [1.29, 1.82) is 0 Å². The van der Waals surface area contributed by atoms with Gasteiger partial charge in [0.25, 0.3) is 5.56 Å². The van der Waals surface area contributed by atoms with Crippen molar-refractivity contribution in [2.24, 2.45) is 0 Å². The molecule has 3 nitrogen and oxygen atoms in total. The van der Waals surface area contributed by atoms with Gasteiger partial charge >= 0.3 is 6.18 Å². The molecule has 16 heavy (non-hydrogen) atoms. The molecule has 0 bridgehead atoms. The van der Waals surface area contributed by atoms with Crippen LogP contribution in [0.1, 0.15) is 29.4 Å². The summed E-state index contributed by atoms with van der Waals surface area (Å²) in [7, 11) is 0. The number of pyridine rings is 1. The molecule has 88 valence electrons. The van der Waals surface area contributed by atoms with E-state index in [2.05, 4.69) is 0 Å². The molecule has 0 aliphatic heterocycles. The zero-order chi connectivity index (χ0) is 12.3. The van der Waals surface area contributed by atoms with Gasteiger partial charge < -0.3 is 4.57 Å². The minimum atomic E-state index is -4.59. The summed E-state index contributed by atoms with van der Waals surface area (Å²) in [6, 6.07) is 1.64. The van der Waals surface area contributed by atoms with Gasteiger partial charge in [0.15, 0.2) is 6.29 Å². The van der Waals surface area contributed by atoms with Crippen LogP contribution >= 0.6 is 0 Å². The summed E-state index contributed by atoms with van der Waals surface area (Å²) in [4.78, 5) is 21.9. The monoisotopic (exact) mass is 233 g/mol. The van der Waals surface area contributed by atoms with E-state index in [0.717, 1.165) is 12.1 Å². The molecule has 0 aromatic carbocycles. The lowest BCUT2D eigenvalue weighted by Crippen LogP contribution is -2.30. The van der Waals surface area contributed by atoms with E-state index in [4.69, 9.17) is 0 Å². The van der Waals surface area contributed by atoms with Crippen molar-refractivity contribution in [2.45, 2.75) is 26.1 Å². The zero-order valence-corrected chi connectivity index (χ0v) is 8.54. The Kier molecular flexibility index (Phi) is 3.51. The molecule has 1 rings (SSSR count). The van der Waals surface area contributed by atoms with Crippen LogP contribution < -0.4 is 5.56 Å². The number of nitrogens with zero attached hydrogens (tertiary/aromatic N) is 1. The smallest absolute Gasteiger partial charge is 0.304 e. The predicted octanol–water partition coefficient (Wildman–Crippen LogP) is 2.09. The van der Waals surface area contributed by atoms with Gasteiger partial charge in [-0.15, -0.1) is 0 Å². The molecule has 1 heterocycles. The molecule has 0 saturated heterocycles. The fourth-order valence-corrected chi connectivity index (χ4v) is 1.38. The third kappa shape index (κ3) is 2.32. The SMILES string of the molecule is CCCn1c(C(F)(F)F)ccc(C=O)c1=O. The van der Waals surface area contributed by atoms with Crippen molar-refractivity contribution in [1.82, 2.24) is 4.57 Å². The van der Waals surface area contributed by atoms with Gasteiger partial charge in [-0.3, -0.25) is 9.59 Å². The van der Waals surface area contributed by atoms with E-state index in [9.17, 15) is 22.8 Å². The van der Waals surface area contributed by atoms with Gasteiger partial charge in [0.05, 0.1) is 5.56 Å². The second-order valence-corrected chi connectivity index (χ2v) is 3.25. The topological polar surface area (TPSA) is 39.1 Å². The van der Waals surface area contributed by atoms with Gasteiger partial charge in [-0.2, -0.15) is 13.2 Å². The number of alkyl halides is 3. The van der Waals surface area contributed by atoms with Gasteiger partial charge in [0.2, 0.25) is 0 Å². The maximum atomic E-state index is 12.5. The van der Waals surface area contributed by atoms with Gasteiger partial charge in [-0.25, -0.2) is 0 Å². The van der Waals surface area contributed by atoms with Crippen LogP contribution in [0.15, 0.2) is 16.9 Å². The Morgan fingerprint density at radius 3 is 2.44 bits per heavy atom. The first-order chi connectivity index (χ1) is 7.41. The minimum absolute atomic E-state index is 0.0602. The standard InChI is InChI=1S/C10H10F3NO2/c1-2-5-14-8(10(11,12)13)4-3-7(6-15)9(14)16/h3-4,6H,2,5H2,1H3. The van der Waals surface area contributed by atoms with Crippen molar-refractivity contribution in [3.63, 3.8) is 0 Å². The first-order valence-electron chi connectivity index (χ1n) is 4.68. The summed E-state index contributed by atoms with van der Waals surface area (Å²) >= 11 is 0. The number of carbonyl (C=O) groups is 1. The highest BCUT2D eigenvalue weighted by atomic mass is 19.4. The van der Waals surface area contributed by atoms with Crippen LogP contribution in [0.4, 0.5) is 13.2 Å². The average Bonchev–Trinajstić information content (AvgIpc) is 2.19. The maximum absolute atomic E-state index is 12.5. The number of hydrogen-bond acceptors (Lipinski definition) is 2. The Bertz CT molecular complexity index is 448. The van der Waals surface area contributed by atoms with Crippen LogP contribution in [0.3, 0.4) is 0 Å². The van der Waals surface area contributed by atoms with Gasteiger partial charge in [-0.1, -0.05) is 6.92 Å². The number of halogens is 3. The molecule has 0 fully saturated rings. The summed E-state index contributed by atoms with van der Waals surface area (Å²) in [5.41, 5.74) is -2.18. The van der Waals surface area contributed by atoms with Crippen LogP contribution in [-0.4, -0.2) is 10.9 Å². The Labute approximate surface area is 89.5 Å². The molecule has 0 atom stereocenters. The highest BCUT2D eigenvalue weighted by Gasteiger charge is 2.34. The molecule has 0 spiro atoms. The molecule has 0 saturated carbocycles. The van der Waals surface area contributed by atoms with Crippen LogP contribution in [-0.2, 0) is 12.7 Å². The van der Waals surface area contributed by atoms with Gasteiger partial charge in [0.1, 0.15) is 5.69 Å². The van der Waals surface area contributed by atoms with E-state index < -0.39 is 17.4 Å². The molecule has 0 aliphatic rings. The zero-order valence-electron chi connectivity index (χ0n) is 8.54. The van der Waals surface area contributed by atoms with Crippen molar-refractivity contribution in [3.8, 4) is 0 Å². The molecular weight excluding hydrogens is 223 g/mol. The summed E-state index contributed by atoms with van der Waals surface area (Å²) < 4.78 is 38.2. The summed E-state index contributed by atoms with van der Waals surface area (Å²) in [6.45, 7) is 1.59. The fraction of sp³-hybridized carbons (Fsp3) is 0.400. The van der Waals surface area contributed by atoms with Crippen molar-refractivity contribution in [2.75, 3.05) is 0 Å². The van der Waals surface area contributed by atoms with Crippen LogP contribution in [0.5, 0.6) is 0 Å². The Morgan fingerprint density at radius 2 is 2.00 bits per heavy atom. The largest absolute Gasteiger partial charge is 0.431 e. The van der Waals surface area contributed by atoms with Crippen molar-refractivity contribution in [3.05, 3.63) is 33.7 Å². The molecule has 1 aromatic rings. The lowest BCUT2D eigenvalue weighted by molar-refractivity contribution is -0.144. The predicted molar refractivity (Wildman–Crippen MR) is 51.4 cm³/mol. The highest BCUT2D eigenvalue weighted by molar-refractivity contribution is 5.73. The molecular formula is C10H10F3NO2. The molecule has 0 aliphatic carbocycles. The Morgan fingerprint density at radius 1 is 1.38 bits per heavy atom. The lowest BCUT2D eigenvalue weighted by Gasteiger charge is -2.14. The quantitative estimate of drug-likeness (QED) is 0.750. The van der Waals surface area contributed by atoms with Crippen LogP contribution in [0.25, 0.3) is 0 Å². The minimum Gasteiger partial charge on any atom is -0.304 e. The number of aldehydes is 1. The summed E-state index contributed by atoms with van der Waals surface area (Å²) in [5.74, 6) is 0. The summed E-state index contributed by atoms with van der Waals surface area (Å²) in [5, 5.41) is 0. The van der Waals surface area contributed by atoms with E-state index in [1.165, 1.54) is 0 Å². The van der Waals surface area contributed by atoms with E-state index in [1.54, 1.807) is 6.92 Å². The Hall–Kier alpha value is -1.59. The fourth-order valence-electron chi connectivity index (χ4n) is 1.38. The normalized spacial score (nSPS) is 11.5. The number of rotatable bonds is 3. The molecule has 0 amide bonds. The number of aromatic nitrogens is 1. The third-order valence-electron chi connectivity index (χ3n) is 2.07. The molecule has 0 unspecified atom stereocenters. The van der Waals surface area contributed by atoms with Crippen LogP contribution in [0, 0.1) is 0 Å². The Balaban J connectivity index is 3.47. The molecule has 1 aromatic heterocycles. The lowest BCUT2D eigenvalue weighted by atomic mass is 10.2. The van der Waals surface area contributed by atoms with Crippen LogP contribution in [0.2, 0.25) is 0 Å². The first kappa shape index (κ1) is 12.5. The average molecular weight is 233 g/mol. The highest BCUT2D eigenvalue weighted by Crippen LogP contribution is 2.28. The van der Waals surface area contributed by atoms with E-state index in [1.807, 2.05) is 0 Å². The first-order valence-corrected chi connectivity index (χ1v) is 4.68. The molecule has 6 heteroatoms. The maximum Gasteiger partial charge on any atom is 0.431 e. The molecule has 0 radical (unpaired) electrons. The second-order valence-electron chi connectivity index (χ2n) is 3.25. The van der Waals surface area contributed by atoms with Gasteiger partial charge in [-0.05, 0) is 18.6 Å².